The first kappa shape index (κ1) is 13.8. The van der Waals surface area contributed by atoms with E-state index < -0.39 is 6.10 Å². The second kappa shape index (κ2) is 6.03. The summed E-state index contributed by atoms with van der Waals surface area (Å²) in [4.78, 5) is 0. The van der Waals surface area contributed by atoms with E-state index >= 15 is 0 Å². The van der Waals surface area contributed by atoms with Crippen molar-refractivity contribution in [3.05, 3.63) is 70.3 Å². The summed E-state index contributed by atoms with van der Waals surface area (Å²) < 4.78 is 0. The third kappa shape index (κ3) is 3.05. The highest BCUT2D eigenvalue weighted by Crippen LogP contribution is 2.27. The van der Waals surface area contributed by atoms with Crippen LogP contribution in [-0.4, -0.2) is 5.11 Å². The van der Waals surface area contributed by atoms with E-state index in [9.17, 15) is 5.11 Å². The molecule has 0 spiro atoms. The molecule has 0 saturated carbocycles. The normalized spacial score (nSPS) is 12.4. The van der Waals surface area contributed by atoms with Crippen LogP contribution in [0.5, 0.6) is 0 Å². The first-order chi connectivity index (χ1) is 9.15. The van der Waals surface area contributed by atoms with E-state index in [1.807, 2.05) is 24.3 Å². The second-order valence-corrected chi connectivity index (χ2v) is 5.05. The minimum Gasteiger partial charge on any atom is -0.384 e. The van der Waals surface area contributed by atoms with Gasteiger partial charge in [-0.05, 0) is 42.0 Å². The Bertz CT molecular complexity index is 540. The van der Waals surface area contributed by atoms with Crippen LogP contribution in [0.15, 0.2) is 42.5 Å². The van der Waals surface area contributed by atoms with Gasteiger partial charge in [-0.15, -0.1) is 0 Å². The lowest BCUT2D eigenvalue weighted by molar-refractivity contribution is 0.219. The van der Waals surface area contributed by atoms with Crippen molar-refractivity contribution in [1.82, 2.24) is 0 Å². The van der Waals surface area contributed by atoms with E-state index in [1.54, 1.807) is 0 Å². The van der Waals surface area contributed by atoms with Crippen molar-refractivity contribution in [2.75, 3.05) is 0 Å². The molecule has 100 valence electrons. The lowest BCUT2D eigenvalue weighted by atomic mass is 9.93. The zero-order valence-corrected chi connectivity index (χ0v) is 12.0. The fourth-order valence-electron chi connectivity index (χ4n) is 2.37. The average Bonchev–Trinajstić information content (AvgIpc) is 2.46. The predicted octanol–water partition coefficient (Wildman–Crippen LogP) is 4.20. The molecule has 19 heavy (non-hydrogen) atoms. The first-order valence-corrected chi connectivity index (χ1v) is 7.02. The number of aryl methyl sites for hydroxylation is 3. The van der Waals surface area contributed by atoms with E-state index in [1.165, 1.54) is 16.7 Å². The van der Waals surface area contributed by atoms with Gasteiger partial charge in [0.2, 0.25) is 0 Å². The maximum atomic E-state index is 10.6. The first-order valence-electron chi connectivity index (χ1n) is 7.02. The molecule has 0 bridgehead atoms. The minimum absolute atomic E-state index is 0.526. The number of aliphatic hydroxyl groups is 1. The number of benzene rings is 2. The number of rotatable bonds is 4. The highest BCUT2D eigenvalue weighted by atomic mass is 16.3. The zero-order chi connectivity index (χ0) is 13.8. The van der Waals surface area contributed by atoms with Gasteiger partial charge in [-0.25, -0.2) is 0 Å². The summed E-state index contributed by atoms with van der Waals surface area (Å²) in [6.45, 7) is 6.33. The Morgan fingerprint density at radius 1 is 0.947 bits per heavy atom. The van der Waals surface area contributed by atoms with Crippen molar-refractivity contribution < 1.29 is 5.11 Å². The Morgan fingerprint density at radius 3 is 2.21 bits per heavy atom. The van der Waals surface area contributed by atoms with Gasteiger partial charge in [0.1, 0.15) is 6.10 Å². The Labute approximate surface area is 115 Å². The van der Waals surface area contributed by atoms with E-state index in [2.05, 4.69) is 39.0 Å². The topological polar surface area (TPSA) is 20.2 Å². The molecule has 1 N–H and O–H groups in total. The quantitative estimate of drug-likeness (QED) is 0.867. The van der Waals surface area contributed by atoms with Crippen molar-refractivity contribution in [2.45, 2.75) is 39.7 Å². The van der Waals surface area contributed by atoms with E-state index in [0.29, 0.717) is 0 Å². The van der Waals surface area contributed by atoms with Crippen molar-refractivity contribution in [2.24, 2.45) is 0 Å². The van der Waals surface area contributed by atoms with Gasteiger partial charge in [-0.3, -0.25) is 0 Å². The summed E-state index contributed by atoms with van der Waals surface area (Å²) in [7, 11) is 0. The molecular weight excluding hydrogens is 232 g/mol. The highest BCUT2D eigenvalue weighted by molar-refractivity contribution is 5.39. The van der Waals surface area contributed by atoms with Crippen LogP contribution >= 0.6 is 0 Å². The maximum Gasteiger partial charge on any atom is 0.104 e. The summed E-state index contributed by atoms with van der Waals surface area (Å²) in [5.74, 6) is 0. The van der Waals surface area contributed by atoms with Gasteiger partial charge in [0.05, 0.1) is 0 Å². The molecule has 1 atom stereocenters. The molecule has 2 aromatic rings. The van der Waals surface area contributed by atoms with E-state index in [0.717, 1.165) is 24.0 Å². The van der Waals surface area contributed by atoms with Crippen LogP contribution < -0.4 is 0 Å². The van der Waals surface area contributed by atoms with Crippen molar-refractivity contribution in [3.63, 3.8) is 0 Å². The Hall–Kier alpha value is -1.60. The van der Waals surface area contributed by atoms with Crippen LogP contribution in [0.25, 0.3) is 0 Å². The maximum absolute atomic E-state index is 10.6. The van der Waals surface area contributed by atoms with E-state index in [4.69, 9.17) is 0 Å². The molecule has 2 rings (SSSR count). The van der Waals surface area contributed by atoms with Gasteiger partial charge in [-0.2, -0.15) is 0 Å². The Morgan fingerprint density at radius 2 is 1.63 bits per heavy atom. The minimum atomic E-state index is -0.526. The predicted molar refractivity (Wildman–Crippen MR) is 80.4 cm³/mol. The number of hydrogen-bond acceptors (Lipinski definition) is 1. The van der Waals surface area contributed by atoms with Crippen molar-refractivity contribution in [3.8, 4) is 0 Å². The van der Waals surface area contributed by atoms with Crippen LogP contribution in [0.3, 0.4) is 0 Å². The summed E-state index contributed by atoms with van der Waals surface area (Å²) in [6, 6.07) is 14.6. The smallest absolute Gasteiger partial charge is 0.104 e. The summed E-state index contributed by atoms with van der Waals surface area (Å²) >= 11 is 0. The molecule has 0 aliphatic heterocycles. The van der Waals surface area contributed by atoms with Gasteiger partial charge in [-0.1, -0.05) is 61.9 Å². The third-order valence-corrected chi connectivity index (χ3v) is 3.69. The molecule has 2 aromatic carbocycles. The molecule has 0 aliphatic rings. The molecule has 1 nitrogen and oxygen atoms in total. The van der Waals surface area contributed by atoms with Crippen LogP contribution in [-0.2, 0) is 12.8 Å². The Balaban J connectivity index is 2.41. The fraction of sp³-hybridized carbons (Fsp3) is 0.333. The van der Waals surface area contributed by atoms with Crippen LogP contribution in [0.2, 0.25) is 0 Å². The lowest BCUT2D eigenvalue weighted by Gasteiger charge is -2.17. The zero-order valence-electron chi connectivity index (χ0n) is 12.0. The standard InChI is InChI=1S/C18H22O/c1-4-14-8-11-15(5-2)17(12-14)18(19)16-9-6-13(3)7-10-16/h6-12,18-19H,4-5H2,1-3H3. The number of aliphatic hydroxyl groups excluding tert-OH is 1. The number of hydrogen-bond donors (Lipinski definition) is 1. The molecule has 0 aliphatic carbocycles. The SMILES string of the molecule is CCc1ccc(CC)c(C(O)c2ccc(C)cc2)c1. The third-order valence-electron chi connectivity index (χ3n) is 3.69. The van der Waals surface area contributed by atoms with Gasteiger partial charge < -0.3 is 5.11 Å². The summed E-state index contributed by atoms with van der Waals surface area (Å²) in [5, 5.41) is 10.6. The molecule has 0 heterocycles. The molecule has 0 fully saturated rings. The monoisotopic (exact) mass is 254 g/mol. The van der Waals surface area contributed by atoms with Crippen LogP contribution in [0, 0.1) is 6.92 Å². The van der Waals surface area contributed by atoms with Crippen molar-refractivity contribution in [1.29, 1.82) is 0 Å². The summed E-state index contributed by atoms with van der Waals surface area (Å²) in [6.07, 6.45) is 1.42. The Kier molecular flexibility index (Phi) is 4.39. The van der Waals surface area contributed by atoms with Crippen LogP contribution in [0.1, 0.15) is 47.8 Å². The van der Waals surface area contributed by atoms with Gasteiger partial charge >= 0.3 is 0 Å². The molecule has 0 radical (unpaired) electrons. The average molecular weight is 254 g/mol. The highest BCUT2D eigenvalue weighted by Gasteiger charge is 2.14. The molecular formula is C18H22O. The molecule has 1 heteroatoms. The van der Waals surface area contributed by atoms with Gasteiger partial charge in [0.25, 0.3) is 0 Å². The molecule has 0 amide bonds. The second-order valence-electron chi connectivity index (χ2n) is 5.05. The molecule has 0 aromatic heterocycles. The summed E-state index contributed by atoms with van der Waals surface area (Å²) in [5.41, 5.74) is 5.73. The molecule has 0 saturated heterocycles. The lowest BCUT2D eigenvalue weighted by Crippen LogP contribution is -2.04. The van der Waals surface area contributed by atoms with Gasteiger partial charge in [0.15, 0.2) is 0 Å². The fourth-order valence-corrected chi connectivity index (χ4v) is 2.37. The largest absolute Gasteiger partial charge is 0.384 e. The molecule has 1 unspecified atom stereocenters. The van der Waals surface area contributed by atoms with Gasteiger partial charge in [0, 0.05) is 0 Å². The van der Waals surface area contributed by atoms with E-state index in [-0.39, 0.29) is 0 Å². The van der Waals surface area contributed by atoms with Crippen LogP contribution in [0.4, 0.5) is 0 Å². The van der Waals surface area contributed by atoms with Crippen molar-refractivity contribution >= 4 is 0 Å².